The summed E-state index contributed by atoms with van der Waals surface area (Å²) in [4.78, 5) is 7.95. The summed E-state index contributed by atoms with van der Waals surface area (Å²) in [5, 5.41) is 2.95. The lowest BCUT2D eigenvalue weighted by Gasteiger charge is -2.14. The molecule has 2 rings (SSSR count). The molecule has 3 N–H and O–H groups in total. The van der Waals surface area contributed by atoms with Crippen LogP contribution in [0.3, 0.4) is 0 Å². The van der Waals surface area contributed by atoms with Crippen molar-refractivity contribution in [1.29, 1.82) is 0 Å². The van der Waals surface area contributed by atoms with Gasteiger partial charge in [-0.3, -0.25) is 0 Å². The van der Waals surface area contributed by atoms with Crippen molar-refractivity contribution in [2.24, 2.45) is 10.7 Å². The van der Waals surface area contributed by atoms with Crippen LogP contribution in [0, 0.1) is 0 Å². The van der Waals surface area contributed by atoms with E-state index in [0.29, 0.717) is 36.0 Å². The molecule has 11 heteroatoms. The number of aromatic nitrogens is 1. The van der Waals surface area contributed by atoms with Crippen LogP contribution in [0.25, 0.3) is 0 Å². The third-order valence-electron chi connectivity index (χ3n) is 3.44. The van der Waals surface area contributed by atoms with Gasteiger partial charge in [-0.15, -0.1) is 24.0 Å². The molecule has 0 amide bonds. The predicted molar refractivity (Wildman–Crippen MR) is 119 cm³/mol. The third-order valence-corrected chi connectivity index (χ3v) is 3.44. The minimum atomic E-state index is -4.43. The van der Waals surface area contributed by atoms with Gasteiger partial charge < -0.3 is 25.3 Å². The number of guanidine groups is 1. The van der Waals surface area contributed by atoms with Gasteiger partial charge in [-0.2, -0.15) is 13.2 Å². The lowest BCUT2D eigenvalue weighted by atomic mass is 10.2. The highest BCUT2D eigenvalue weighted by molar-refractivity contribution is 14.0. The van der Waals surface area contributed by atoms with Crippen molar-refractivity contribution < 1.29 is 27.4 Å². The molecule has 0 aliphatic heterocycles. The molecule has 166 valence electrons. The molecule has 1 aromatic heterocycles. The highest BCUT2D eigenvalue weighted by atomic mass is 127. The van der Waals surface area contributed by atoms with Crippen molar-refractivity contribution in [2.75, 3.05) is 25.1 Å². The number of benzene rings is 1. The molecular formula is C19H24F3IN4O3. The lowest BCUT2D eigenvalue weighted by molar-refractivity contribution is -0.154. The molecule has 2 aromatic rings. The minimum absolute atomic E-state index is 0. The summed E-state index contributed by atoms with van der Waals surface area (Å²) in [6, 6.07) is 8.28. The first-order valence-corrected chi connectivity index (χ1v) is 8.91. The van der Waals surface area contributed by atoms with E-state index in [-0.39, 0.29) is 42.4 Å². The van der Waals surface area contributed by atoms with Gasteiger partial charge in [-0.25, -0.2) is 9.98 Å². The Morgan fingerprint density at radius 3 is 2.50 bits per heavy atom. The van der Waals surface area contributed by atoms with Crippen LogP contribution in [0.4, 0.5) is 18.9 Å². The molecule has 0 aliphatic rings. The molecule has 0 aliphatic carbocycles. The van der Waals surface area contributed by atoms with Crippen LogP contribution in [-0.2, 0) is 6.54 Å². The average molecular weight is 540 g/mol. The molecule has 0 bridgehead atoms. The fourth-order valence-electron chi connectivity index (χ4n) is 2.28. The molecule has 1 aromatic carbocycles. The van der Waals surface area contributed by atoms with Crippen LogP contribution >= 0.6 is 24.0 Å². The normalized spacial score (nSPS) is 11.4. The summed E-state index contributed by atoms with van der Waals surface area (Å²) in [6.07, 6.45) is -3.09. The molecule has 0 fully saturated rings. The third kappa shape index (κ3) is 8.93. The molecule has 7 nitrogen and oxygen atoms in total. The van der Waals surface area contributed by atoms with Crippen molar-refractivity contribution in [3.63, 3.8) is 0 Å². The van der Waals surface area contributed by atoms with E-state index in [2.05, 4.69) is 20.0 Å². The van der Waals surface area contributed by atoms with E-state index in [1.165, 1.54) is 12.3 Å². The van der Waals surface area contributed by atoms with E-state index in [9.17, 15) is 13.2 Å². The maximum atomic E-state index is 12.2. The minimum Gasteiger partial charge on any atom is -0.494 e. The highest BCUT2D eigenvalue weighted by Gasteiger charge is 2.28. The molecule has 0 atom stereocenters. The molecule has 0 unspecified atom stereocenters. The highest BCUT2D eigenvalue weighted by Crippen LogP contribution is 2.29. The van der Waals surface area contributed by atoms with E-state index < -0.39 is 12.8 Å². The van der Waals surface area contributed by atoms with Crippen molar-refractivity contribution in [1.82, 2.24) is 4.98 Å². The Kier molecular flexibility index (Phi) is 10.5. The first kappa shape index (κ1) is 25.6. The van der Waals surface area contributed by atoms with Gasteiger partial charge >= 0.3 is 6.18 Å². The number of nitrogens with one attached hydrogen (secondary N) is 1. The van der Waals surface area contributed by atoms with Gasteiger partial charge in [-0.1, -0.05) is 0 Å². The van der Waals surface area contributed by atoms with Gasteiger partial charge in [0.25, 0.3) is 0 Å². The molecule has 0 saturated carbocycles. The topological polar surface area (TPSA) is 91.0 Å². The SMILES string of the molecule is CCOc1ccc(OCC)c(NC(N)=NCc2ccnc(OCC(F)(F)F)c2)c1.I. The maximum Gasteiger partial charge on any atom is 0.422 e. The summed E-state index contributed by atoms with van der Waals surface area (Å²) >= 11 is 0. The lowest BCUT2D eigenvalue weighted by Crippen LogP contribution is -2.23. The van der Waals surface area contributed by atoms with Gasteiger partial charge in [0, 0.05) is 18.3 Å². The van der Waals surface area contributed by atoms with Crippen LogP contribution in [0.15, 0.2) is 41.5 Å². The molecule has 1 heterocycles. The number of ether oxygens (including phenoxy) is 3. The molecule has 0 radical (unpaired) electrons. The van der Waals surface area contributed by atoms with Crippen molar-refractivity contribution in [2.45, 2.75) is 26.6 Å². The van der Waals surface area contributed by atoms with Crippen LogP contribution < -0.4 is 25.3 Å². The maximum absolute atomic E-state index is 12.2. The van der Waals surface area contributed by atoms with E-state index >= 15 is 0 Å². The smallest absolute Gasteiger partial charge is 0.422 e. The number of anilines is 1. The molecule has 30 heavy (non-hydrogen) atoms. The van der Waals surface area contributed by atoms with Crippen LogP contribution in [0.1, 0.15) is 19.4 Å². The second-order valence-corrected chi connectivity index (χ2v) is 5.76. The first-order chi connectivity index (χ1) is 13.8. The number of halogens is 4. The van der Waals surface area contributed by atoms with Crippen molar-refractivity contribution in [3.05, 3.63) is 42.1 Å². The second kappa shape index (κ2) is 12.3. The summed E-state index contributed by atoms with van der Waals surface area (Å²) in [7, 11) is 0. The molecular weight excluding hydrogens is 516 g/mol. The Hall–Kier alpha value is -2.44. The van der Waals surface area contributed by atoms with E-state index in [4.69, 9.17) is 15.2 Å². The molecule has 0 saturated heterocycles. The zero-order valence-electron chi connectivity index (χ0n) is 16.5. The second-order valence-electron chi connectivity index (χ2n) is 5.76. The monoisotopic (exact) mass is 540 g/mol. The Morgan fingerprint density at radius 1 is 1.10 bits per heavy atom. The van der Waals surface area contributed by atoms with Gasteiger partial charge in [0.05, 0.1) is 25.4 Å². The number of alkyl halides is 3. The summed E-state index contributed by atoms with van der Waals surface area (Å²) in [6.45, 7) is 3.43. The van der Waals surface area contributed by atoms with Crippen molar-refractivity contribution >= 4 is 35.6 Å². The number of nitrogens with two attached hydrogens (primary N) is 1. The summed E-state index contributed by atoms with van der Waals surface area (Å²) in [5.74, 6) is 1.20. The Bertz CT molecular complexity index is 835. The van der Waals surface area contributed by atoms with Gasteiger partial charge in [0.2, 0.25) is 5.88 Å². The van der Waals surface area contributed by atoms with Crippen LogP contribution in [0.5, 0.6) is 17.4 Å². The van der Waals surface area contributed by atoms with Crippen LogP contribution in [-0.4, -0.2) is 36.9 Å². The summed E-state index contributed by atoms with van der Waals surface area (Å²) < 4.78 is 52.4. The fraction of sp³-hybridized carbons (Fsp3) is 0.368. The quantitative estimate of drug-likeness (QED) is 0.279. The number of aliphatic imine (C=N–C) groups is 1. The zero-order chi connectivity index (χ0) is 21.3. The fourth-order valence-corrected chi connectivity index (χ4v) is 2.28. The van der Waals surface area contributed by atoms with E-state index in [0.717, 1.165) is 0 Å². The Labute approximate surface area is 189 Å². The van der Waals surface area contributed by atoms with E-state index in [1.54, 1.807) is 24.3 Å². The van der Waals surface area contributed by atoms with Gasteiger partial charge in [0.1, 0.15) is 11.5 Å². The Morgan fingerprint density at radius 2 is 1.83 bits per heavy atom. The number of nitrogens with zero attached hydrogens (tertiary/aromatic N) is 2. The van der Waals surface area contributed by atoms with E-state index in [1.807, 2.05) is 13.8 Å². The first-order valence-electron chi connectivity index (χ1n) is 8.91. The van der Waals surface area contributed by atoms with Gasteiger partial charge in [-0.05, 0) is 37.6 Å². The van der Waals surface area contributed by atoms with Crippen LogP contribution in [0.2, 0.25) is 0 Å². The average Bonchev–Trinajstić information content (AvgIpc) is 2.67. The Balaban J connectivity index is 0.00000450. The molecule has 0 spiro atoms. The summed E-state index contributed by atoms with van der Waals surface area (Å²) in [5.41, 5.74) is 7.12. The number of pyridine rings is 1. The largest absolute Gasteiger partial charge is 0.494 e. The zero-order valence-corrected chi connectivity index (χ0v) is 18.9. The number of hydrogen-bond donors (Lipinski definition) is 2. The standard InChI is InChI=1S/C19H23F3N4O3.HI/c1-3-27-14-5-6-16(28-4-2)15(10-14)26-18(23)25-11-13-7-8-24-17(9-13)29-12-19(20,21)22;/h5-10H,3-4,11-12H2,1-2H3,(H3,23,25,26);1H. The number of rotatable bonds is 9. The van der Waals surface area contributed by atoms with Gasteiger partial charge in [0.15, 0.2) is 12.6 Å². The van der Waals surface area contributed by atoms with Crippen molar-refractivity contribution in [3.8, 4) is 17.4 Å². The predicted octanol–water partition coefficient (Wildman–Crippen LogP) is 4.36. The number of hydrogen-bond acceptors (Lipinski definition) is 5.